The summed E-state index contributed by atoms with van der Waals surface area (Å²) in [5, 5.41) is 9.72. The van der Waals surface area contributed by atoms with E-state index in [2.05, 4.69) is 16.0 Å². The molecule has 2 aliphatic heterocycles. The van der Waals surface area contributed by atoms with Gasteiger partial charge in [-0.3, -0.25) is 4.79 Å². The summed E-state index contributed by atoms with van der Waals surface area (Å²) in [7, 11) is 0. The largest absolute Gasteiger partial charge is 0.351 e. The van der Waals surface area contributed by atoms with Crippen LogP contribution in [0.25, 0.3) is 0 Å². The lowest BCUT2D eigenvalue weighted by atomic mass is 9.85. The van der Waals surface area contributed by atoms with Gasteiger partial charge in [0.1, 0.15) is 0 Å². The number of carbonyl (C=O) groups is 1. The first-order chi connectivity index (χ1) is 12.1. The zero-order valence-corrected chi connectivity index (χ0v) is 14.5. The maximum absolute atomic E-state index is 13.6. The van der Waals surface area contributed by atoms with Gasteiger partial charge in [-0.15, -0.1) is 0 Å². The van der Waals surface area contributed by atoms with Crippen molar-refractivity contribution >= 4 is 5.91 Å². The van der Waals surface area contributed by atoms with Gasteiger partial charge in [-0.1, -0.05) is 6.07 Å². The maximum Gasteiger partial charge on any atom is 0.220 e. The molecule has 1 aromatic rings. The Morgan fingerprint density at radius 2 is 1.84 bits per heavy atom. The molecule has 0 saturated carbocycles. The normalized spacial score (nSPS) is 24.9. The molecule has 0 radical (unpaired) electrons. The van der Waals surface area contributed by atoms with Gasteiger partial charge in [0.15, 0.2) is 11.6 Å². The molecular weight excluding hydrogens is 324 g/mol. The number of nitrogens with one attached hydrogen (secondary N) is 3. The quantitative estimate of drug-likeness (QED) is 0.763. The Balaban J connectivity index is 1.56. The number of amides is 1. The fourth-order valence-electron chi connectivity index (χ4n) is 3.94. The lowest BCUT2D eigenvalue weighted by Gasteiger charge is -2.33. The second-order valence-corrected chi connectivity index (χ2v) is 7.18. The SMILES string of the molecule is O=C(CCC1CCNCC1)NC1CNCCC1c1ccc(F)c(F)c1. The highest BCUT2D eigenvalue weighted by molar-refractivity contribution is 5.76. The summed E-state index contributed by atoms with van der Waals surface area (Å²) in [5.41, 5.74) is 0.754. The molecule has 25 heavy (non-hydrogen) atoms. The van der Waals surface area contributed by atoms with E-state index in [1.165, 1.54) is 12.1 Å². The van der Waals surface area contributed by atoms with E-state index in [4.69, 9.17) is 0 Å². The predicted molar refractivity (Wildman–Crippen MR) is 93.3 cm³/mol. The minimum atomic E-state index is -0.833. The average molecular weight is 351 g/mol. The second kappa shape index (κ2) is 8.72. The van der Waals surface area contributed by atoms with Crippen molar-refractivity contribution < 1.29 is 13.6 Å². The van der Waals surface area contributed by atoms with Crippen LogP contribution in [-0.4, -0.2) is 38.1 Å². The van der Waals surface area contributed by atoms with E-state index in [1.807, 2.05) is 0 Å². The van der Waals surface area contributed by atoms with Gasteiger partial charge >= 0.3 is 0 Å². The third-order valence-electron chi connectivity index (χ3n) is 5.44. The van der Waals surface area contributed by atoms with Crippen LogP contribution < -0.4 is 16.0 Å². The van der Waals surface area contributed by atoms with Crippen LogP contribution in [-0.2, 0) is 4.79 Å². The summed E-state index contributed by atoms with van der Waals surface area (Å²) in [5.74, 6) is -0.968. The second-order valence-electron chi connectivity index (χ2n) is 7.18. The van der Waals surface area contributed by atoms with Gasteiger partial charge in [-0.2, -0.15) is 0 Å². The van der Waals surface area contributed by atoms with Gasteiger partial charge in [0.05, 0.1) is 0 Å². The average Bonchev–Trinajstić information content (AvgIpc) is 2.64. The van der Waals surface area contributed by atoms with Crippen molar-refractivity contribution in [2.24, 2.45) is 5.92 Å². The highest BCUT2D eigenvalue weighted by atomic mass is 19.2. The van der Waals surface area contributed by atoms with Crippen molar-refractivity contribution in [2.75, 3.05) is 26.2 Å². The first-order valence-corrected chi connectivity index (χ1v) is 9.29. The van der Waals surface area contributed by atoms with E-state index >= 15 is 0 Å². The van der Waals surface area contributed by atoms with Crippen molar-refractivity contribution in [3.63, 3.8) is 0 Å². The molecule has 0 bridgehead atoms. The predicted octanol–water partition coefficient (Wildman–Crippen LogP) is 2.31. The Kier molecular flexibility index (Phi) is 6.37. The minimum absolute atomic E-state index is 0.0131. The van der Waals surface area contributed by atoms with E-state index in [1.54, 1.807) is 6.07 Å². The standard InChI is InChI=1S/C19H27F2N3O/c20-16-3-2-14(11-17(16)21)15-7-10-23-12-18(15)24-19(25)4-1-13-5-8-22-9-6-13/h2-3,11,13,15,18,22-23H,1,4-10,12H2,(H,24,25). The van der Waals surface area contributed by atoms with E-state index in [9.17, 15) is 13.6 Å². The van der Waals surface area contributed by atoms with Crippen molar-refractivity contribution in [2.45, 2.75) is 44.1 Å². The van der Waals surface area contributed by atoms with Crippen LogP contribution in [0.1, 0.15) is 43.6 Å². The van der Waals surface area contributed by atoms with Gasteiger partial charge in [0.25, 0.3) is 0 Å². The fraction of sp³-hybridized carbons (Fsp3) is 0.632. The number of carbonyl (C=O) groups excluding carboxylic acids is 1. The smallest absolute Gasteiger partial charge is 0.220 e. The molecule has 1 amide bonds. The molecule has 3 rings (SSSR count). The van der Waals surface area contributed by atoms with E-state index in [-0.39, 0.29) is 17.9 Å². The highest BCUT2D eigenvalue weighted by Gasteiger charge is 2.28. The van der Waals surface area contributed by atoms with E-state index in [0.29, 0.717) is 18.9 Å². The molecule has 1 aromatic carbocycles. The van der Waals surface area contributed by atoms with Gasteiger partial charge in [0, 0.05) is 24.9 Å². The van der Waals surface area contributed by atoms with Gasteiger partial charge in [-0.05, 0) is 68.9 Å². The number of rotatable bonds is 5. The fourth-order valence-corrected chi connectivity index (χ4v) is 3.94. The molecule has 0 aliphatic carbocycles. The van der Waals surface area contributed by atoms with E-state index in [0.717, 1.165) is 50.9 Å². The summed E-state index contributed by atoms with van der Waals surface area (Å²) >= 11 is 0. The van der Waals surface area contributed by atoms with Crippen LogP contribution in [0.5, 0.6) is 0 Å². The highest BCUT2D eigenvalue weighted by Crippen LogP contribution is 2.27. The van der Waals surface area contributed by atoms with Crippen LogP contribution in [0, 0.1) is 17.6 Å². The molecule has 2 saturated heterocycles. The van der Waals surface area contributed by atoms with Gasteiger partial charge in [-0.25, -0.2) is 8.78 Å². The summed E-state index contributed by atoms with van der Waals surface area (Å²) in [6, 6.07) is 3.98. The van der Waals surface area contributed by atoms with Crippen LogP contribution in [0.2, 0.25) is 0 Å². The number of halogens is 2. The minimum Gasteiger partial charge on any atom is -0.351 e. The lowest BCUT2D eigenvalue weighted by molar-refractivity contribution is -0.122. The summed E-state index contributed by atoms with van der Waals surface area (Å²) < 4.78 is 26.8. The van der Waals surface area contributed by atoms with Crippen molar-refractivity contribution in [3.05, 3.63) is 35.4 Å². The molecule has 2 atom stereocenters. The number of benzene rings is 1. The molecule has 0 aromatic heterocycles. The Morgan fingerprint density at radius 1 is 1.08 bits per heavy atom. The summed E-state index contributed by atoms with van der Waals surface area (Å²) in [6.07, 6.45) is 4.52. The molecule has 2 fully saturated rings. The third-order valence-corrected chi connectivity index (χ3v) is 5.44. The van der Waals surface area contributed by atoms with Gasteiger partial charge < -0.3 is 16.0 Å². The van der Waals surface area contributed by atoms with Crippen LogP contribution >= 0.6 is 0 Å². The number of piperidine rings is 2. The zero-order chi connectivity index (χ0) is 17.6. The maximum atomic E-state index is 13.6. The van der Waals surface area contributed by atoms with Crippen molar-refractivity contribution in [3.8, 4) is 0 Å². The van der Waals surface area contributed by atoms with Crippen molar-refractivity contribution in [1.29, 1.82) is 0 Å². The molecule has 4 nitrogen and oxygen atoms in total. The third kappa shape index (κ3) is 4.98. The monoisotopic (exact) mass is 351 g/mol. The molecule has 3 N–H and O–H groups in total. The number of hydrogen-bond acceptors (Lipinski definition) is 3. The zero-order valence-electron chi connectivity index (χ0n) is 14.5. The Bertz CT molecular complexity index is 590. The molecule has 138 valence electrons. The van der Waals surface area contributed by atoms with Crippen LogP contribution in [0.4, 0.5) is 8.78 Å². The Morgan fingerprint density at radius 3 is 2.60 bits per heavy atom. The summed E-state index contributed by atoms with van der Waals surface area (Å²) in [4.78, 5) is 12.4. The first-order valence-electron chi connectivity index (χ1n) is 9.29. The lowest BCUT2D eigenvalue weighted by Crippen LogP contribution is -2.50. The van der Waals surface area contributed by atoms with E-state index < -0.39 is 11.6 Å². The Hall–Kier alpha value is -1.53. The van der Waals surface area contributed by atoms with Gasteiger partial charge in [0.2, 0.25) is 5.91 Å². The summed E-state index contributed by atoms with van der Waals surface area (Å²) in [6.45, 7) is 3.54. The van der Waals surface area contributed by atoms with Crippen LogP contribution in [0.3, 0.4) is 0 Å². The molecule has 0 spiro atoms. The molecule has 2 aliphatic rings. The topological polar surface area (TPSA) is 53.2 Å². The number of hydrogen-bond donors (Lipinski definition) is 3. The molecule has 6 heteroatoms. The molecule has 2 heterocycles. The molecule has 2 unspecified atom stereocenters. The van der Waals surface area contributed by atoms with Crippen molar-refractivity contribution in [1.82, 2.24) is 16.0 Å². The first kappa shape index (κ1) is 18.3. The van der Waals surface area contributed by atoms with Crippen LogP contribution in [0.15, 0.2) is 18.2 Å². The molecular formula is C19H27F2N3O. The Labute approximate surface area is 147 Å².